The average Bonchev–Trinajstić information content (AvgIpc) is 2.76. The molecule has 3 heteroatoms. The second kappa shape index (κ2) is 6.82. The Kier molecular flexibility index (Phi) is 5.34. The molecule has 1 fully saturated rings. The molecule has 1 aromatic rings. The van der Waals surface area contributed by atoms with Crippen LogP contribution in [0, 0.1) is 11.8 Å². The van der Waals surface area contributed by atoms with Crippen molar-refractivity contribution in [1.82, 2.24) is 5.32 Å². The summed E-state index contributed by atoms with van der Waals surface area (Å²) in [5, 5.41) is 4.37. The van der Waals surface area contributed by atoms with E-state index in [1.807, 2.05) is 0 Å². The van der Waals surface area contributed by atoms with Crippen molar-refractivity contribution in [2.24, 2.45) is 11.8 Å². The normalized spacial score (nSPS) is 24.1. The van der Waals surface area contributed by atoms with Gasteiger partial charge in [0.15, 0.2) is 0 Å². The maximum atomic E-state index is 6.49. The predicted octanol–water partition coefficient (Wildman–Crippen LogP) is 4.49. The van der Waals surface area contributed by atoms with Crippen molar-refractivity contribution >= 4 is 17.3 Å². The lowest BCUT2D eigenvalue weighted by atomic mass is 10.0. The maximum absolute atomic E-state index is 6.49. The minimum Gasteiger partial charge on any atom is -0.371 e. The maximum Gasteiger partial charge on any atom is 0.0474 e. The average molecular weight is 295 g/mol. The zero-order valence-electron chi connectivity index (χ0n) is 13.1. The van der Waals surface area contributed by atoms with Crippen molar-refractivity contribution in [3.63, 3.8) is 0 Å². The van der Waals surface area contributed by atoms with Crippen molar-refractivity contribution in [1.29, 1.82) is 0 Å². The van der Waals surface area contributed by atoms with Crippen LogP contribution in [0.1, 0.15) is 45.7 Å². The first-order valence-electron chi connectivity index (χ1n) is 7.80. The molecule has 0 aliphatic carbocycles. The van der Waals surface area contributed by atoms with Gasteiger partial charge in [0.25, 0.3) is 0 Å². The molecule has 0 bridgehead atoms. The minimum atomic E-state index is 0.313. The SMILES string of the molecule is CCCNC(C)c1ccc(N2CC(C)C(C)C2)cc1Cl. The first-order valence-corrected chi connectivity index (χ1v) is 8.18. The summed E-state index contributed by atoms with van der Waals surface area (Å²) in [6, 6.07) is 6.84. The van der Waals surface area contributed by atoms with Crippen LogP contribution < -0.4 is 10.2 Å². The van der Waals surface area contributed by atoms with Gasteiger partial charge in [-0.25, -0.2) is 0 Å². The van der Waals surface area contributed by atoms with Gasteiger partial charge in [-0.3, -0.25) is 0 Å². The standard InChI is InChI=1S/C17H27ClN2/c1-5-8-19-14(4)16-7-6-15(9-17(16)18)20-10-12(2)13(3)11-20/h6-7,9,12-14,19H,5,8,10-11H2,1-4H3. The van der Waals surface area contributed by atoms with Crippen LogP contribution in [-0.4, -0.2) is 19.6 Å². The summed E-state index contributed by atoms with van der Waals surface area (Å²) in [4.78, 5) is 2.45. The molecule has 1 heterocycles. The Morgan fingerprint density at radius 1 is 1.30 bits per heavy atom. The van der Waals surface area contributed by atoms with Crippen LogP contribution in [0.5, 0.6) is 0 Å². The molecule has 3 unspecified atom stereocenters. The number of rotatable bonds is 5. The number of benzene rings is 1. The number of nitrogens with zero attached hydrogens (tertiary/aromatic N) is 1. The molecule has 0 spiro atoms. The first-order chi connectivity index (χ1) is 9.52. The summed E-state index contributed by atoms with van der Waals surface area (Å²) in [5.41, 5.74) is 2.46. The first kappa shape index (κ1) is 15.7. The smallest absolute Gasteiger partial charge is 0.0474 e. The summed E-state index contributed by atoms with van der Waals surface area (Å²) in [6.45, 7) is 12.3. The largest absolute Gasteiger partial charge is 0.371 e. The summed E-state index contributed by atoms with van der Waals surface area (Å²) < 4.78 is 0. The second-order valence-electron chi connectivity index (χ2n) is 6.24. The fourth-order valence-electron chi connectivity index (χ4n) is 2.88. The van der Waals surface area contributed by atoms with E-state index in [-0.39, 0.29) is 0 Å². The zero-order valence-corrected chi connectivity index (χ0v) is 13.9. The molecule has 1 aromatic carbocycles. The molecule has 2 rings (SSSR count). The van der Waals surface area contributed by atoms with E-state index in [4.69, 9.17) is 11.6 Å². The van der Waals surface area contributed by atoms with Crippen molar-refractivity contribution < 1.29 is 0 Å². The Bertz CT molecular complexity index is 437. The van der Waals surface area contributed by atoms with Gasteiger partial charge in [0.05, 0.1) is 0 Å². The molecule has 1 saturated heterocycles. The molecule has 112 valence electrons. The molecule has 3 atom stereocenters. The number of hydrogen-bond donors (Lipinski definition) is 1. The van der Waals surface area contributed by atoms with Crippen molar-refractivity contribution in [3.05, 3.63) is 28.8 Å². The minimum absolute atomic E-state index is 0.313. The lowest BCUT2D eigenvalue weighted by molar-refractivity contribution is 0.494. The van der Waals surface area contributed by atoms with Gasteiger partial charge in [-0.05, 0) is 49.4 Å². The van der Waals surface area contributed by atoms with Gasteiger partial charge >= 0.3 is 0 Å². The summed E-state index contributed by atoms with van der Waals surface area (Å²) in [7, 11) is 0. The monoisotopic (exact) mass is 294 g/mol. The van der Waals surface area contributed by atoms with E-state index in [0.717, 1.165) is 42.9 Å². The van der Waals surface area contributed by atoms with Crippen LogP contribution in [0.3, 0.4) is 0 Å². The Morgan fingerprint density at radius 3 is 2.50 bits per heavy atom. The third-order valence-electron chi connectivity index (χ3n) is 4.50. The topological polar surface area (TPSA) is 15.3 Å². The molecule has 1 aliphatic heterocycles. The predicted molar refractivity (Wildman–Crippen MR) is 88.7 cm³/mol. The third-order valence-corrected chi connectivity index (χ3v) is 4.83. The Morgan fingerprint density at radius 2 is 1.95 bits per heavy atom. The highest BCUT2D eigenvalue weighted by Gasteiger charge is 2.26. The zero-order chi connectivity index (χ0) is 14.7. The highest BCUT2D eigenvalue weighted by molar-refractivity contribution is 6.31. The molecule has 1 aliphatic rings. The summed E-state index contributed by atoms with van der Waals surface area (Å²) >= 11 is 6.49. The molecular weight excluding hydrogens is 268 g/mol. The van der Waals surface area contributed by atoms with E-state index < -0.39 is 0 Å². The van der Waals surface area contributed by atoms with Gasteiger partial charge in [0, 0.05) is 29.8 Å². The van der Waals surface area contributed by atoms with Crippen LogP contribution in [0.15, 0.2) is 18.2 Å². The lowest BCUT2D eigenvalue weighted by Crippen LogP contribution is -2.21. The van der Waals surface area contributed by atoms with Gasteiger partial charge in [-0.1, -0.05) is 38.4 Å². The van der Waals surface area contributed by atoms with Crippen molar-refractivity contribution in [2.75, 3.05) is 24.5 Å². The molecule has 0 saturated carbocycles. The molecule has 20 heavy (non-hydrogen) atoms. The molecule has 2 nitrogen and oxygen atoms in total. The van der Waals surface area contributed by atoms with Crippen LogP contribution in [0.25, 0.3) is 0 Å². The Labute approximate surface area is 128 Å². The number of anilines is 1. The highest BCUT2D eigenvalue weighted by atomic mass is 35.5. The van der Waals surface area contributed by atoms with E-state index in [1.165, 1.54) is 11.3 Å². The number of nitrogens with one attached hydrogen (secondary N) is 1. The molecule has 0 amide bonds. The van der Waals surface area contributed by atoms with Gasteiger partial charge in [-0.15, -0.1) is 0 Å². The van der Waals surface area contributed by atoms with Gasteiger partial charge in [0.1, 0.15) is 0 Å². The van der Waals surface area contributed by atoms with Crippen LogP contribution in [0.4, 0.5) is 5.69 Å². The van der Waals surface area contributed by atoms with E-state index in [9.17, 15) is 0 Å². The van der Waals surface area contributed by atoms with Crippen molar-refractivity contribution in [3.8, 4) is 0 Å². The quantitative estimate of drug-likeness (QED) is 0.860. The number of halogens is 1. The molecule has 1 N–H and O–H groups in total. The van der Waals surface area contributed by atoms with E-state index in [2.05, 4.69) is 56.1 Å². The van der Waals surface area contributed by atoms with E-state index in [1.54, 1.807) is 0 Å². The van der Waals surface area contributed by atoms with Gasteiger partial charge in [0.2, 0.25) is 0 Å². The summed E-state index contributed by atoms with van der Waals surface area (Å²) in [5.74, 6) is 1.53. The fourth-order valence-corrected chi connectivity index (χ4v) is 3.21. The third kappa shape index (κ3) is 3.48. The lowest BCUT2D eigenvalue weighted by Gasteiger charge is -2.21. The molecular formula is C17H27ClN2. The fraction of sp³-hybridized carbons (Fsp3) is 0.647. The van der Waals surface area contributed by atoms with Crippen LogP contribution in [-0.2, 0) is 0 Å². The Hall–Kier alpha value is -0.730. The second-order valence-corrected chi connectivity index (χ2v) is 6.65. The highest BCUT2D eigenvalue weighted by Crippen LogP contribution is 2.32. The van der Waals surface area contributed by atoms with Crippen LogP contribution >= 0.6 is 11.6 Å². The number of hydrogen-bond acceptors (Lipinski definition) is 2. The van der Waals surface area contributed by atoms with Crippen molar-refractivity contribution in [2.45, 2.75) is 40.2 Å². The van der Waals surface area contributed by atoms with Gasteiger partial charge in [-0.2, -0.15) is 0 Å². The van der Waals surface area contributed by atoms with Gasteiger partial charge < -0.3 is 10.2 Å². The molecule has 0 aromatic heterocycles. The van der Waals surface area contributed by atoms with Crippen LogP contribution in [0.2, 0.25) is 5.02 Å². The molecule has 0 radical (unpaired) electrons. The Balaban J connectivity index is 2.10. The summed E-state index contributed by atoms with van der Waals surface area (Å²) in [6.07, 6.45) is 1.14. The van der Waals surface area contributed by atoms with E-state index in [0.29, 0.717) is 6.04 Å². The van der Waals surface area contributed by atoms with E-state index >= 15 is 0 Å².